The molecule has 1 aromatic rings. The summed E-state index contributed by atoms with van der Waals surface area (Å²) in [7, 11) is 3.77. The minimum Gasteiger partial charge on any atom is -0.492 e. The van der Waals surface area contributed by atoms with Crippen molar-refractivity contribution in [3.63, 3.8) is 0 Å². The van der Waals surface area contributed by atoms with Crippen LogP contribution in [0.1, 0.15) is 82.4 Å². The lowest BCUT2D eigenvalue weighted by molar-refractivity contribution is -0.117. The molecular formula is C33H41NO5. The highest BCUT2D eigenvalue weighted by Gasteiger charge is 2.60. The first-order valence-electron chi connectivity index (χ1n) is 14.8. The van der Waals surface area contributed by atoms with E-state index in [2.05, 4.69) is 43.7 Å². The summed E-state index contributed by atoms with van der Waals surface area (Å²) in [6.07, 6.45) is 10.5. The number of ketones is 1. The zero-order chi connectivity index (χ0) is 27.2. The van der Waals surface area contributed by atoms with E-state index in [1.165, 1.54) is 17.6 Å². The lowest BCUT2D eigenvalue weighted by Gasteiger charge is -2.57. The molecule has 7 rings (SSSR count). The van der Waals surface area contributed by atoms with Crippen molar-refractivity contribution in [3.05, 3.63) is 28.8 Å². The van der Waals surface area contributed by atoms with Crippen LogP contribution in [0.4, 0.5) is 0 Å². The third-order valence-corrected chi connectivity index (χ3v) is 11.6. The molecule has 208 valence electrons. The second-order valence-corrected chi connectivity index (χ2v) is 13.7. The molecule has 1 N–H and O–H groups in total. The van der Waals surface area contributed by atoms with E-state index in [9.17, 15) is 9.90 Å². The minimum atomic E-state index is -0.990. The fourth-order valence-electron chi connectivity index (χ4n) is 9.59. The quantitative estimate of drug-likeness (QED) is 0.502. The number of ether oxygens (including phenoxy) is 3. The van der Waals surface area contributed by atoms with Crippen LogP contribution in [0.15, 0.2) is 17.7 Å². The van der Waals surface area contributed by atoms with Crippen LogP contribution in [0, 0.1) is 40.4 Å². The molecule has 2 aliphatic heterocycles. The topological polar surface area (TPSA) is 68.2 Å². The van der Waals surface area contributed by atoms with Crippen LogP contribution < -0.4 is 14.2 Å². The number of fused-ring (bicyclic) bond motifs is 7. The van der Waals surface area contributed by atoms with Gasteiger partial charge in [-0.05, 0) is 105 Å². The maximum Gasteiger partial charge on any atom is 0.231 e. The largest absolute Gasteiger partial charge is 0.492 e. The van der Waals surface area contributed by atoms with Crippen molar-refractivity contribution in [2.24, 2.45) is 28.6 Å². The molecule has 0 bridgehead atoms. The highest BCUT2D eigenvalue weighted by Crippen LogP contribution is 2.66. The number of rotatable bonds is 1. The third kappa shape index (κ3) is 3.79. The van der Waals surface area contributed by atoms with E-state index in [4.69, 9.17) is 14.2 Å². The highest BCUT2D eigenvalue weighted by atomic mass is 16.7. The molecule has 7 atom stereocenters. The Morgan fingerprint density at radius 2 is 1.97 bits per heavy atom. The summed E-state index contributed by atoms with van der Waals surface area (Å²) in [4.78, 5) is 14.4. The number of carbonyl (C=O) groups is 1. The Morgan fingerprint density at radius 1 is 1.13 bits per heavy atom. The zero-order valence-corrected chi connectivity index (χ0v) is 23.8. The number of aliphatic hydroxyl groups is 1. The van der Waals surface area contributed by atoms with Crippen molar-refractivity contribution in [2.75, 3.05) is 27.5 Å². The van der Waals surface area contributed by atoms with Gasteiger partial charge in [0.15, 0.2) is 17.3 Å². The Bertz CT molecular complexity index is 1320. The maximum atomic E-state index is 12.2. The number of allylic oxidation sites excluding steroid dienone is 1. The van der Waals surface area contributed by atoms with E-state index < -0.39 is 5.60 Å². The standard InChI is InChI=1S/C33H41NO5/c1-31-11-8-24-23(6-5-21-16-22(35)7-12-32(21,24)2)25(31)17-33(36,18-31)13-9-26-28-20(10-14-34(26)3)15-27-29(30(28)37-4)39-19-38-27/h15-16,23-26,36H,5-8,10-12,14,17-19H2,1-4H3/t23-,24+,25+,26+,31+,32-,33+/m0/s1. The van der Waals surface area contributed by atoms with Crippen LogP contribution in [-0.4, -0.2) is 48.9 Å². The predicted octanol–water partition coefficient (Wildman–Crippen LogP) is 5.22. The molecule has 3 saturated carbocycles. The second-order valence-electron chi connectivity index (χ2n) is 13.7. The van der Waals surface area contributed by atoms with Crippen LogP contribution in [0.25, 0.3) is 0 Å². The molecule has 0 aromatic heterocycles. The number of nitrogens with zero attached hydrogens (tertiary/aromatic N) is 1. The van der Waals surface area contributed by atoms with Crippen molar-refractivity contribution in [1.29, 1.82) is 0 Å². The summed E-state index contributed by atoms with van der Waals surface area (Å²) in [6, 6.07) is 1.90. The van der Waals surface area contributed by atoms with E-state index in [1.54, 1.807) is 7.11 Å². The van der Waals surface area contributed by atoms with Gasteiger partial charge in [0.05, 0.1) is 7.11 Å². The molecule has 2 heterocycles. The zero-order valence-electron chi connectivity index (χ0n) is 23.8. The lowest BCUT2D eigenvalue weighted by atomic mass is 9.47. The van der Waals surface area contributed by atoms with Crippen molar-refractivity contribution in [2.45, 2.75) is 83.3 Å². The normalized spacial score (nSPS) is 40.4. The van der Waals surface area contributed by atoms with Crippen LogP contribution in [0.5, 0.6) is 17.2 Å². The first-order chi connectivity index (χ1) is 18.6. The van der Waals surface area contributed by atoms with Gasteiger partial charge in [-0.3, -0.25) is 9.69 Å². The second kappa shape index (κ2) is 8.75. The van der Waals surface area contributed by atoms with Gasteiger partial charge in [-0.1, -0.05) is 31.3 Å². The molecule has 6 heteroatoms. The van der Waals surface area contributed by atoms with Gasteiger partial charge in [0, 0.05) is 18.5 Å². The third-order valence-electron chi connectivity index (χ3n) is 11.6. The van der Waals surface area contributed by atoms with Crippen LogP contribution in [-0.2, 0) is 11.2 Å². The van der Waals surface area contributed by atoms with Crippen molar-refractivity contribution >= 4 is 5.78 Å². The van der Waals surface area contributed by atoms with E-state index in [0.29, 0.717) is 41.5 Å². The Kier molecular flexibility index (Phi) is 5.72. The van der Waals surface area contributed by atoms with Gasteiger partial charge in [-0.2, -0.15) is 0 Å². The number of likely N-dealkylation sites (N-methyl/N-ethyl adjacent to an activating group) is 1. The van der Waals surface area contributed by atoms with E-state index in [-0.39, 0.29) is 23.7 Å². The van der Waals surface area contributed by atoms with Crippen LogP contribution in [0.3, 0.4) is 0 Å². The number of hydrogen-bond donors (Lipinski definition) is 1. The monoisotopic (exact) mass is 531 g/mol. The smallest absolute Gasteiger partial charge is 0.231 e. The Hall–Kier alpha value is -2.49. The predicted molar refractivity (Wildman–Crippen MR) is 148 cm³/mol. The van der Waals surface area contributed by atoms with E-state index >= 15 is 0 Å². The number of carbonyl (C=O) groups excluding carboxylic acids is 1. The van der Waals surface area contributed by atoms with E-state index in [1.807, 2.05) is 6.08 Å². The molecule has 3 fully saturated rings. The average molecular weight is 532 g/mol. The van der Waals surface area contributed by atoms with Gasteiger partial charge in [0.1, 0.15) is 11.6 Å². The van der Waals surface area contributed by atoms with Gasteiger partial charge < -0.3 is 19.3 Å². The first kappa shape index (κ1) is 25.5. The SMILES string of the molecule is COc1c2c(cc3c1[C@@H](C#C[C@@]1(O)C[C@@H]4[C@H]5CCC6=CC(=O)CC[C@]6(C)[C@@H]5CC[C@]4(C)C1)N(C)CC3)OCO2. The molecule has 39 heavy (non-hydrogen) atoms. The molecule has 0 spiro atoms. The van der Waals surface area contributed by atoms with E-state index in [0.717, 1.165) is 62.8 Å². The molecule has 0 saturated heterocycles. The molecule has 0 radical (unpaired) electrons. The van der Waals surface area contributed by atoms with Gasteiger partial charge in [0.2, 0.25) is 12.5 Å². The van der Waals surface area contributed by atoms with Crippen molar-refractivity contribution in [1.82, 2.24) is 4.90 Å². The van der Waals surface area contributed by atoms with Gasteiger partial charge >= 0.3 is 0 Å². The molecule has 6 nitrogen and oxygen atoms in total. The number of methoxy groups -OCH3 is 1. The van der Waals surface area contributed by atoms with Crippen LogP contribution in [0.2, 0.25) is 0 Å². The maximum absolute atomic E-state index is 12.2. The first-order valence-corrected chi connectivity index (χ1v) is 14.8. The van der Waals surface area contributed by atoms with Gasteiger partial charge in [-0.25, -0.2) is 0 Å². The Balaban J connectivity index is 1.19. The van der Waals surface area contributed by atoms with Crippen molar-refractivity contribution in [3.8, 4) is 29.1 Å². The molecular weight excluding hydrogens is 490 g/mol. The fraction of sp³-hybridized carbons (Fsp3) is 0.667. The highest BCUT2D eigenvalue weighted by molar-refractivity contribution is 5.91. The fourth-order valence-corrected chi connectivity index (χ4v) is 9.59. The number of benzene rings is 1. The summed E-state index contributed by atoms with van der Waals surface area (Å²) >= 11 is 0. The minimum absolute atomic E-state index is 0.104. The Morgan fingerprint density at radius 3 is 2.79 bits per heavy atom. The summed E-state index contributed by atoms with van der Waals surface area (Å²) < 4.78 is 17.3. The van der Waals surface area contributed by atoms with Gasteiger partial charge in [0.25, 0.3) is 0 Å². The van der Waals surface area contributed by atoms with Gasteiger partial charge in [-0.15, -0.1) is 0 Å². The summed E-state index contributed by atoms with van der Waals surface area (Å²) in [5, 5.41) is 12.0. The molecule has 0 amide bonds. The average Bonchev–Trinajstić information content (AvgIpc) is 3.48. The molecule has 6 aliphatic rings. The Labute approximate surface area is 232 Å². The lowest BCUT2D eigenvalue weighted by Crippen LogP contribution is -2.49. The number of hydrogen-bond acceptors (Lipinski definition) is 6. The summed E-state index contributed by atoms with van der Waals surface area (Å²) in [5.41, 5.74) is 2.87. The molecule has 1 aromatic carbocycles. The molecule has 0 unspecified atom stereocenters. The summed E-state index contributed by atoms with van der Waals surface area (Å²) in [5.74, 6) is 11.1. The van der Waals surface area contributed by atoms with Crippen LogP contribution >= 0.6 is 0 Å². The molecule has 4 aliphatic carbocycles. The van der Waals surface area contributed by atoms with Crippen molar-refractivity contribution < 1.29 is 24.1 Å². The summed E-state index contributed by atoms with van der Waals surface area (Å²) in [6.45, 7) is 5.90.